The summed E-state index contributed by atoms with van der Waals surface area (Å²) >= 11 is 2.59. The van der Waals surface area contributed by atoms with E-state index in [1.807, 2.05) is 6.26 Å². The van der Waals surface area contributed by atoms with Gasteiger partial charge < -0.3 is 25.5 Å². The predicted octanol–water partition coefficient (Wildman–Crippen LogP) is -1.21. The van der Waals surface area contributed by atoms with Gasteiger partial charge in [0.2, 0.25) is 5.12 Å². The van der Waals surface area contributed by atoms with Gasteiger partial charge in [-0.3, -0.25) is 14.5 Å². The maximum Gasteiger partial charge on any atom is 0.206 e. The van der Waals surface area contributed by atoms with E-state index < -0.39 is 31.0 Å². The average Bonchev–Trinajstić information content (AvgIpc) is 2.60. The lowest BCUT2D eigenvalue weighted by molar-refractivity contribution is -0.112. The molecule has 10 heteroatoms. The summed E-state index contributed by atoms with van der Waals surface area (Å²) in [6, 6.07) is -0.207. The van der Waals surface area contributed by atoms with Gasteiger partial charge in [0.1, 0.15) is 24.4 Å². The van der Waals surface area contributed by atoms with Gasteiger partial charge in [0, 0.05) is 12.8 Å². The smallest absolute Gasteiger partial charge is 0.206 e. The molecule has 0 saturated carbocycles. The maximum atomic E-state index is 11.7. The number of thioether (sulfide) groups is 1. The van der Waals surface area contributed by atoms with Crippen LogP contribution in [0.5, 0.6) is 0 Å². The first-order chi connectivity index (χ1) is 11.4. The SMILES string of the molecule is CSNC(CCCCN=CC(O)C(O)C(O)C(O)CO)C(=O)SC. The molecule has 0 fully saturated rings. The van der Waals surface area contributed by atoms with Crippen LogP contribution in [-0.2, 0) is 4.79 Å². The van der Waals surface area contributed by atoms with Crippen molar-refractivity contribution in [2.24, 2.45) is 4.99 Å². The highest BCUT2D eigenvalue weighted by atomic mass is 32.2. The Morgan fingerprint density at radius 2 is 1.83 bits per heavy atom. The summed E-state index contributed by atoms with van der Waals surface area (Å²) in [6.07, 6.45) is 0.601. The van der Waals surface area contributed by atoms with Crippen LogP contribution >= 0.6 is 23.7 Å². The van der Waals surface area contributed by atoms with Crippen molar-refractivity contribution in [3.63, 3.8) is 0 Å². The van der Waals surface area contributed by atoms with E-state index in [0.717, 1.165) is 12.6 Å². The third-order valence-corrected chi connectivity index (χ3v) is 4.52. The van der Waals surface area contributed by atoms with Crippen LogP contribution in [0.3, 0.4) is 0 Å². The first-order valence-electron chi connectivity index (χ1n) is 7.58. The molecule has 0 rings (SSSR count). The predicted molar refractivity (Wildman–Crippen MR) is 97.3 cm³/mol. The summed E-state index contributed by atoms with van der Waals surface area (Å²) in [4.78, 5) is 15.6. The largest absolute Gasteiger partial charge is 0.394 e. The number of hydrogen-bond acceptors (Lipinski definition) is 10. The number of aliphatic imine (C=N–C) groups is 1. The van der Waals surface area contributed by atoms with E-state index in [1.165, 1.54) is 23.7 Å². The molecule has 0 aromatic rings. The molecular weight excluding hydrogens is 356 g/mol. The van der Waals surface area contributed by atoms with Crippen molar-refractivity contribution in [2.45, 2.75) is 49.7 Å². The second kappa shape index (κ2) is 14.0. The molecule has 0 radical (unpaired) electrons. The van der Waals surface area contributed by atoms with Crippen LogP contribution in [0, 0.1) is 0 Å². The second-order valence-electron chi connectivity index (χ2n) is 5.17. The summed E-state index contributed by atoms with van der Waals surface area (Å²) < 4.78 is 3.05. The molecule has 0 aromatic heterocycles. The van der Waals surface area contributed by atoms with Gasteiger partial charge in [0.15, 0.2) is 0 Å². The molecule has 0 saturated heterocycles. The van der Waals surface area contributed by atoms with E-state index in [1.54, 1.807) is 6.26 Å². The Hall–Kier alpha value is -0.200. The lowest BCUT2D eigenvalue weighted by Gasteiger charge is -2.23. The van der Waals surface area contributed by atoms with Gasteiger partial charge in [-0.1, -0.05) is 23.7 Å². The zero-order valence-corrected chi connectivity index (χ0v) is 15.5. The molecule has 0 aliphatic heterocycles. The highest BCUT2D eigenvalue weighted by molar-refractivity contribution is 8.13. The van der Waals surface area contributed by atoms with Crippen LogP contribution in [0.1, 0.15) is 19.3 Å². The van der Waals surface area contributed by atoms with Crippen LogP contribution in [0.15, 0.2) is 4.99 Å². The van der Waals surface area contributed by atoms with Crippen molar-refractivity contribution >= 4 is 35.0 Å². The van der Waals surface area contributed by atoms with E-state index >= 15 is 0 Å². The second-order valence-corrected chi connectivity index (χ2v) is 6.63. The zero-order valence-electron chi connectivity index (χ0n) is 13.9. The van der Waals surface area contributed by atoms with Crippen LogP contribution in [0.4, 0.5) is 0 Å². The lowest BCUT2D eigenvalue weighted by atomic mass is 10.0. The number of aliphatic hydroxyl groups is 5. The molecule has 5 atom stereocenters. The zero-order chi connectivity index (χ0) is 18.5. The molecule has 0 aliphatic carbocycles. The number of nitrogens with one attached hydrogen (secondary N) is 1. The average molecular weight is 385 g/mol. The molecular formula is C14H28N2O6S2. The Balaban J connectivity index is 4.09. The van der Waals surface area contributed by atoms with Gasteiger partial charge in [-0.2, -0.15) is 0 Å². The molecule has 24 heavy (non-hydrogen) atoms. The van der Waals surface area contributed by atoms with Crippen LogP contribution in [0.25, 0.3) is 0 Å². The molecule has 0 heterocycles. The van der Waals surface area contributed by atoms with Crippen LogP contribution in [0.2, 0.25) is 0 Å². The van der Waals surface area contributed by atoms with E-state index in [-0.39, 0.29) is 11.2 Å². The molecule has 142 valence electrons. The van der Waals surface area contributed by atoms with Crippen molar-refractivity contribution in [2.75, 3.05) is 25.7 Å². The van der Waals surface area contributed by atoms with Gasteiger partial charge in [0.05, 0.1) is 12.6 Å². The summed E-state index contributed by atoms with van der Waals surface area (Å²) in [5.74, 6) is 0. The number of nitrogens with zero attached hydrogens (tertiary/aromatic N) is 1. The van der Waals surface area contributed by atoms with E-state index in [2.05, 4.69) is 9.71 Å². The van der Waals surface area contributed by atoms with Gasteiger partial charge in [-0.15, -0.1) is 0 Å². The van der Waals surface area contributed by atoms with Gasteiger partial charge in [-0.25, -0.2) is 0 Å². The van der Waals surface area contributed by atoms with Crippen molar-refractivity contribution in [3.05, 3.63) is 0 Å². The molecule has 0 bridgehead atoms. The van der Waals surface area contributed by atoms with Crippen molar-refractivity contribution in [1.82, 2.24) is 4.72 Å². The normalized spacial score (nSPS) is 18.3. The van der Waals surface area contributed by atoms with E-state index in [9.17, 15) is 25.2 Å². The molecule has 6 N–H and O–H groups in total. The molecule has 0 aromatic carbocycles. The van der Waals surface area contributed by atoms with Gasteiger partial charge in [0.25, 0.3) is 0 Å². The number of carbonyl (C=O) groups excluding carboxylic acids is 1. The highest BCUT2D eigenvalue weighted by Crippen LogP contribution is 2.11. The Kier molecular flexibility index (Phi) is 13.9. The maximum absolute atomic E-state index is 11.7. The fourth-order valence-electron chi connectivity index (χ4n) is 1.87. The molecule has 0 aliphatic rings. The number of rotatable bonds is 13. The fourth-order valence-corrected chi connectivity index (χ4v) is 2.91. The Labute approximate surface area is 150 Å². The number of unbranched alkanes of at least 4 members (excludes halogenated alkanes) is 1. The Morgan fingerprint density at radius 1 is 1.17 bits per heavy atom. The highest BCUT2D eigenvalue weighted by Gasteiger charge is 2.28. The Morgan fingerprint density at radius 3 is 2.38 bits per heavy atom. The minimum Gasteiger partial charge on any atom is -0.394 e. The summed E-state index contributed by atoms with van der Waals surface area (Å²) in [5, 5.41) is 46.7. The van der Waals surface area contributed by atoms with E-state index in [4.69, 9.17) is 5.11 Å². The first-order valence-corrected chi connectivity index (χ1v) is 10.0. The number of carbonyl (C=O) groups is 1. The fraction of sp³-hybridized carbons (Fsp3) is 0.857. The molecule has 0 amide bonds. The van der Waals surface area contributed by atoms with Crippen LogP contribution in [-0.4, -0.2) is 93.0 Å². The van der Waals surface area contributed by atoms with E-state index in [0.29, 0.717) is 19.4 Å². The van der Waals surface area contributed by atoms with Crippen molar-refractivity contribution in [1.29, 1.82) is 0 Å². The lowest BCUT2D eigenvalue weighted by Crippen LogP contribution is -2.46. The Bertz CT molecular complexity index is 375. The monoisotopic (exact) mass is 384 g/mol. The minimum atomic E-state index is -1.66. The summed E-state index contributed by atoms with van der Waals surface area (Å²) in [6.45, 7) is -0.315. The number of hydrogen-bond donors (Lipinski definition) is 6. The summed E-state index contributed by atoms with van der Waals surface area (Å²) in [5.41, 5.74) is 0. The third kappa shape index (κ3) is 9.33. The topological polar surface area (TPSA) is 143 Å². The van der Waals surface area contributed by atoms with Crippen molar-refractivity contribution < 1.29 is 30.3 Å². The number of aliphatic hydroxyl groups excluding tert-OH is 5. The third-order valence-electron chi connectivity index (χ3n) is 3.32. The van der Waals surface area contributed by atoms with Crippen molar-refractivity contribution in [3.8, 4) is 0 Å². The molecule has 0 spiro atoms. The molecule has 8 nitrogen and oxygen atoms in total. The van der Waals surface area contributed by atoms with Gasteiger partial charge in [-0.05, 0) is 31.8 Å². The minimum absolute atomic E-state index is 0.0859. The van der Waals surface area contributed by atoms with Crippen LogP contribution < -0.4 is 4.72 Å². The standard InChI is InChI=1S/C14H28N2O6S2/c1-23-14(22)9(16-24-2)5-3-4-6-15-7-10(18)12(20)13(21)11(19)8-17/h7,9-13,16-21H,3-6,8H2,1-2H3. The van der Waals surface area contributed by atoms with Gasteiger partial charge >= 0.3 is 0 Å². The summed E-state index contributed by atoms with van der Waals surface area (Å²) in [7, 11) is 0. The quantitative estimate of drug-likeness (QED) is 0.131. The molecule has 5 unspecified atom stereocenters. The first kappa shape index (κ1) is 23.8.